The zero-order chi connectivity index (χ0) is 20.9. The number of hydrogen-bond donors (Lipinski definition) is 2. The normalized spacial score (nSPS) is 15.3. The molecule has 30 heavy (non-hydrogen) atoms. The summed E-state index contributed by atoms with van der Waals surface area (Å²) < 4.78 is 21.9. The molecule has 1 aliphatic heterocycles. The predicted octanol–water partition coefficient (Wildman–Crippen LogP) is 2.90. The van der Waals surface area contributed by atoms with Crippen molar-refractivity contribution >= 4 is 5.96 Å². The molecule has 0 amide bonds. The number of methoxy groups -OCH3 is 1. The van der Waals surface area contributed by atoms with Gasteiger partial charge in [0.1, 0.15) is 5.76 Å². The highest BCUT2D eigenvalue weighted by atomic mass is 16.5. The van der Waals surface area contributed by atoms with Gasteiger partial charge in [0.05, 0.1) is 32.1 Å². The largest absolute Gasteiger partial charge is 0.469 e. The molecule has 1 aromatic carbocycles. The SMILES string of the molecule is COCCNC(=NCc1ccc(COC2CCOCC2)cc1)NCCc1ccco1. The molecular formula is C23H33N3O4. The Morgan fingerprint density at radius 2 is 1.83 bits per heavy atom. The standard InChI is InChI=1S/C23H33N3O4/c1-27-16-12-25-23(24-11-8-21-3-2-13-29-21)26-17-19-4-6-20(7-5-19)18-30-22-9-14-28-15-10-22/h2-7,13,22H,8-12,14-18H2,1H3,(H2,24,25,26). The molecule has 1 saturated heterocycles. The molecule has 3 rings (SSSR count). The number of guanidine groups is 1. The maximum absolute atomic E-state index is 5.99. The van der Waals surface area contributed by atoms with Gasteiger partial charge in [0, 0.05) is 39.8 Å². The molecule has 0 atom stereocenters. The Balaban J connectivity index is 1.46. The van der Waals surface area contributed by atoms with Gasteiger partial charge in [-0.1, -0.05) is 24.3 Å². The number of nitrogens with one attached hydrogen (secondary N) is 2. The van der Waals surface area contributed by atoms with Gasteiger partial charge in [0.25, 0.3) is 0 Å². The van der Waals surface area contributed by atoms with Crippen LogP contribution in [0.3, 0.4) is 0 Å². The number of rotatable bonds is 11. The molecular weight excluding hydrogens is 382 g/mol. The second-order valence-corrected chi connectivity index (χ2v) is 7.28. The molecule has 0 bridgehead atoms. The monoisotopic (exact) mass is 415 g/mol. The summed E-state index contributed by atoms with van der Waals surface area (Å²) in [6, 6.07) is 12.3. The highest BCUT2D eigenvalue weighted by Gasteiger charge is 2.13. The van der Waals surface area contributed by atoms with E-state index in [-0.39, 0.29) is 0 Å². The lowest BCUT2D eigenvalue weighted by molar-refractivity contribution is -0.0390. The topological polar surface area (TPSA) is 77.2 Å². The first kappa shape index (κ1) is 22.3. The third-order valence-corrected chi connectivity index (χ3v) is 4.94. The maximum atomic E-state index is 5.99. The van der Waals surface area contributed by atoms with Crippen molar-refractivity contribution in [2.75, 3.05) is 40.0 Å². The first-order valence-corrected chi connectivity index (χ1v) is 10.6. The zero-order valence-corrected chi connectivity index (χ0v) is 17.8. The number of benzene rings is 1. The Labute approximate surface area is 178 Å². The quantitative estimate of drug-likeness (QED) is 0.334. The van der Waals surface area contributed by atoms with Crippen LogP contribution in [0.4, 0.5) is 0 Å². The lowest BCUT2D eigenvalue weighted by Crippen LogP contribution is -2.40. The van der Waals surface area contributed by atoms with Gasteiger partial charge in [-0.2, -0.15) is 0 Å². The van der Waals surface area contributed by atoms with Gasteiger partial charge in [-0.05, 0) is 36.1 Å². The molecule has 0 radical (unpaired) electrons. The van der Waals surface area contributed by atoms with Gasteiger partial charge in [-0.3, -0.25) is 0 Å². The molecule has 0 spiro atoms. The van der Waals surface area contributed by atoms with Crippen molar-refractivity contribution in [1.82, 2.24) is 10.6 Å². The third-order valence-electron chi connectivity index (χ3n) is 4.94. The minimum Gasteiger partial charge on any atom is -0.469 e. The smallest absolute Gasteiger partial charge is 0.191 e. The molecule has 0 unspecified atom stereocenters. The summed E-state index contributed by atoms with van der Waals surface area (Å²) in [7, 11) is 1.69. The zero-order valence-electron chi connectivity index (χ0n) is 17.8. The Morgan fingerprint density at radius 1 is 1.07 bits per heavy atom. The highest BCUT2D eigenvalue weighted by molar-refractivity contribution is 5.79. The van der Waals surface area contributed by atoms with E-state index >= 15 is 0 Å². The van der Waals surface area contributed by atoms with Crippen LogP contribution in [0.25, 0.3) is 0 Å². The summed E-state index contributed by atoms with van der Waals surface area (Å²) in [6.07, 6.45) is 4.78. The van der Waals surface area contributed by atoms with E-state index in [2.05, 4.69) is 34.9 Å². The van der Waals surface area contributed by atoms with Gasteiger partial charge in [0.2, 0.25) is 0 Å². The summed E-state index contributed by atoms with van der Waals surface area (Å²) in [4.78, 5) is 4.70. The van der Waals surface area contributed by atoms with Crippen LogP contribution in [-0.2, 0) is 33.8 Å². The summed E-state index contributed by atoms with van der Waals surface area (Å²) in [5.74, 6) is 1.72. The molecule has 2 heterocycles. The van der Waals surface area contributed by atoms with Gasteiger partial charge in [0.15, 0.2) is 5.96 Å². The minimum absolute atomic E-state index is 0.316. The highest BCUT2D eigenvalue weighted by Crippen LogP contribution is 2.14. The number of ether oxygens (including phenoxy) is 3. The first-order valence-electron chi connectivity index (χ1n) is 10.6. The van der Waals surface area contributed by atoms with Crippen LogP contribution in [-0.4, -0.2) is 52.1 Å². The first-order chi connectivity index (χ1) is 14.8. The van der Waals surface area contributed by atoms with Crippen molar-refractivity contribution in [3.05, 3.63) is 59.5 Å². The summed E-state index contributed by atoms with van der Waals surface area (Å²) in [5.41, 5.74) is 2.34. The van der Waals surface area contributed by atoms with Gasteiger partial charge in [-0.15, -0.1) is 0 Å². The summed E-state index contributed by atoms with van der Waals surface area (Å²) in [6.45, 7) is 4.92. The molecule has 1 fully saturated rings. The van der Waals surface area contributed by atoms with Crippen LogP contribution >= 0.6 is 0 Å². The molecule has 1 aliphatic rings. The minimum atomic E-state index is 0.316. The van der Waals surface area contributed by atoms with Crippen LogP contribution in [0.15, 0.2) is 52.1 Å². The average molecular weight is 416 g/mol. The molecule has 1 aromatic heterocycles. The second kappa shape index (κ2) is 13.1. The Hall–Kier alpha value is -2.35. The Kier molecular flexibility index (Phi) is 9.72. The van der Waals surface area contributed by atoms with Crippen LogP contribution in [0.1, 0.15) is 29.7 Å². The van der Waals surface area contributed by atoms with Gasteiger partial charge < -0.3 is 29.3 Å². The Morgan fingerprint density at radius 3 is 2.57 bits per heavy atom. The van der Waals surface area contributed by atoms with E-state index in [1.807, 2.05) is 12.1 Å². The Bertz CT molecular complexity index is 725. The molecule has 7 heteroatoms. The maximum Gasteiger partial charge on any atom is 0.191 e. The predicted molar refractivity (Wildman–Crippen MR) is 117 cm³/mol. The molecule has 2 N–H and O–H groups in total. The van der Waals surface area contributed by atoms with Crippen LogP contribution < -0.4 is 10.6 Å². The summed E-state index contributed by atoms with van der Waals surface area (Å²) in [5, 5.41) is 6.64. The molecule has 0 saturated carbocycles. The van der Waals surface area contributed by atoms with Crippen LogP contribution in [0.2, 0.25) is 0 Å². The van der Waals surface area contributed by atoms with Crippen LogP contribution in [0.5, 0.6) is 0 Å². The van der Waals surface area contributed by atoms with Crippen molar-refractivity contribution in [1.29, 1.82) is 0 Å². The van der Waals surface area contributed by atoms with Crippen molar-refractivity contribution in [3.63, 3.8) is 0 Å². The summed E-state index contributed by atoms with van der Waals surface area (Å²) >= 11 is 0. The molecule has 2 aromatic rings. The second-order valence-electron chi connectivity index (χ2n) is 7.28. The van der Waals surface area contributed by atoms with E-state index in [9.17, 15) is 0 Å². The number of furan rings is 1. The van der Waals surface area contributed by atoms with E-state index in [1.165, 1.54) is 5.56 Å². The van der Waals surface area contributed by atoms with Gasteiger partial charge >= 0.3 is 0 Å². The van der Waals surface area contributed by atoms with Crippen molar-refractivity contribution in [2.45, 2.75) is 38.5 Å². The average Bonchev–Trinajstić information content (AvgIpc) is 3.31. The van der Waals surface area contributed by atoms with Crippen LogP contribution in [0, 0.1) is 0 Å². The molecule has 7 nitrogen and oxygen atoms in total. The van der Waals surface area contributed by atoms with Gasteiger partial charge in [-0.25, -0.2) is 4.99 Å². The third kappa shape index (κ3) is 8.18. The molecule has 164 valence electrons. The lowest BCUT2D eigenvalue weighted by atomic mass is 10.1. The van der Waals surface area contributed by atoms with E-state index in [1.54, 1.807) is 13.4 Å². The van der Waals surface area contributed by atoms with E-state index in [4.69, 9.17) is 23.6 Å². The lowest BCUT2D eigenvalue weighted by Gasteiger charge is -2.22. The fourth-order valence-corrected chi connectivity index (χ4v) is 3.17. The molecule has 0 aliphatic carbocycles. The van der Waals surface area contributed by atoms with Crippen molar-refractivity contribution in [3.8, 4) is 0 Å². The number of aliphatic imine (C=N–C) groups is 1. The number of hydrogen-bond acceptors (Lipinski definition) is 5. The fraction of sp³-hybridized carbons (Fsp3) is 0.522. The van der Waals surface area contributed by atoms with E-state index in [0.29, 0.717) is 32.4 Å². The number of nitrogens with zero attached hydrogens (tertiary/aromatic N) is 1. The fourth-order valence-electron chi connectivity index (χ4n) is 3.17. The van der Waals surface area contributed by atoms with E-state index < -0.39 is 0 Å². The van der Waals surface area contributed by atoms with Crippen molar-refractivity contribution in [2.24, 2.45) is 4.99 Å². The van der Waals surface area contributed by atoms with E-state index in [0.717, 1.165) is 56.3 Å². The van der Waals surface area contributed by atoms with Crippen molar-refractivity contribution < 1.29 is 18.6 Å².